The maximum Gasteiger partial charge on any atom is 0.229 e. The molecule has 1 atom stereocenters. The number of nitrogens with two attached hydrogens (primary N) is 3. The quantitative estimate of drug-likeness (QED) is 0.290. The fraction of sp³-hybridized carbons (Fsp3) is 0.172. The topological polar surface area (TPSA) is 158 Å². The van der Waals surface area contributed by atoms with E-state index in [9.17, 15) is 4.79 Å². The normalized spacial score (nSPS) is 16.3. The zero-order chi connectivity index (χ0) is 26.9. The molecule has 1 saturated heterocycles. The van der Waals surface area contributed by atoms with Crippen LogP contribution < -0.4 is 32.2 Å². The Morgan fingerprint density at radius 3 is 2.59 bits per heavy atom. The molecule has 1 unspecified atom stereocenters. The van der Waals surface area contributed by atoms with E-state index in [-0.39, 0.29) is 23.6 Å². The predicted octanol–water partition coefficient (Wildman–Crippen LogP) is 4.31. The Hall–Kier alpha value is -5.12. The van der Waals surface area contributed by atoms with Crippen LogP contribution in [-0.2, 0) is 4.79 Å². The predicted molar refractivity (Wildman–Crippen MR) is 153 cm³/mol. The SMILES string of the molecule is NC1=Nc2ccccc2Oc2cc(-c3cc(N4CCCC(C(=O)Nc5ccccc5)C4)nc(N)n3)cc(N)c21. The number of benzene rings is 3. The van der Waals surface area contributed by atoms with Gasteiger partial charge in [-0.15, -0.1) is 0 Å². The van der Waals surface area contributed by atoms with Crippen LogP contribution in [0, 0.1) is 5.92 Å². The van der Waals surface area contributed by atoms with E-state index in [1.54, 1.807) is 6.07 Å². The molecule has 0 radical (unpaired) electrons. The lowest BCUT2D eigenvalue weighted by Crippen LogP contribution is -2.41. The van der Waals surface area contributed by atoms with Crippen molar-refractivity contribution in [1.29, 1.82) is 0 Å². The lowest BCUT2D eigenvalue weighted by atomic mass is 9.97. The average Bonchev–Trinajstić information content (AvgIpc) is 3.08. The van der Waals surface area contributed by atoms with Crippen molar-refractivity contribution in [2.75, 3.05) is 34.8 Å². The highest BCUT2D eigenvalue weighted by atomic mass is 16.5. The van der Waals surface area contributed by atoms with Gasteiger partial charge in [0.05, 0.1) is 17.2 Å². The fourth-order valence-corrected chi connectivity index (χ4v) is 5.01. The van der Waals surface area contributed by atoms with Gasteiger partial charge >= 0.3 is 0 Å². The molecule has 10 heteroatoms. The van der Waals surface area contributed by atoms with E-state index in [4.69, 9.17) is 21.9 Å². The highest BCUT2D eigenvalue weighted by molar-refractivity contribution is 6.07. The Morgan fingerprint density at radius 1 is 0.949 bits per heavy atom. The van der Waals surface area contributed by atoms with E-state index >= 15 is 0 Å². The molecule has 0 saturated carbocycles. The molecular weight excluding hydrogens is 492 g/mol. The Kier molecular flexibility index (Phi) is 6.20. The van der Waals surface area contributed by atoms with Crippen LogP contribution in [-0.4, -0.2) is 34.8 Å². The highest BCUT2D eigenvalue weighted by Gasteiger charge is 2.28. The number of aromatic nitrogens is 2. The zero-order valence-electron chi connectivity index (χ0n) is 21.2. The average molecular weight is 521 g/mol. The van der Waals surface area contributed by atoms with Crippen LogP contribution in [0.3, 0.4) is 0 Å². The van der Waals surface area contributed by atoms with Gasteiger partial charge in [0.15, 0.2) is 5.75 Å². The number of hydrogen-bond acceptors (Lipinski definition) is 9. The van der Waals surface area contributed by atoms with Gasteiger partial charge in [0.1, 0.15) is 23.1 Å². The summed E-state index contributed by atoms with van der Waals surface area (Å²) in [6.07, 6.45) is 1.65. The summed E-state index contributed by atoms with van der Waals surface area (Å²) in [5.41, 5.74) is 22.5. The first kappa shape index (κ1) is 24.2. The van der Waals surface area contributed by atoms with Gasteiger partial charge in [-0.25, -0.2) is 9.98 Å². The van der Waals surface area contributed by atoms with E-state index in [0.29, 0.717) is 52.1 Å². The number of anilines is 4. The van der Waals surface area contributed by atoms with Crippen LogP contribution in [0.1, 0.15) is 18.4 Å². The molecule has 4 aromatic rings. The number of rotatable bonds is 4. The number of para-hydroxylation sites is 3. The van der Waals surface area contributed by atoms with Gasteiger partial charge in [-0.2, -0.15) is 4.98 Å². The molecule has 0 spiro atoms. The minimum absolute atomic E-state index is 0.0108. The summed E-state index contributed by atoms with van der Waals surface area (Å²) < 4.78 is 6.18. The Balaban J connectivity index is 1.29. The van der Waals surface area contributed by atoms with Crippen molar-refractivity contribution in [3.63, 3.8) is 0 Å². The van der Waals surface area contributed by atoms with E-state index in [2.05, 4.69) is 25.2 Å². The van der Waals surface area contributed by atoms with Gasteiger partial charge in [-0.3, -0.25) is 4.79 Å². The first-order valence-electron chi connectivity index (χ1n) is 12.8. The molecule has 7 N–H and O–H groups in total. The molecule has 1 amide bonds. The van der Waals surface area contributed by atoms with Crippen molar-refractivity contribution in [1.82, 2.24) is 9.97 Å². The van der Waals surface area contributed by atoms with Crippen molar-refractivity contribution in [2.24, 2.45) is 16.6 Å². The largest absolute Gasteiger partial charge is 0.454 e. The summed E-state index contributed by atoms with van der Waals surface area (Å²) in [6, 6.07) is 22.3. The number of fused-ring (bicyclic) bond motifs is 2. The summed E-state index contributed by atoms with van der Waals surface area (Å²) in [7, 11) is 0. The van der Waals surface area contributed by atoms with Crippen molar-refractivity contribution in [3.05, 3.63) is 78.4 Å². The highest BCUT2D eigenvalue weighted by Crippen LogP contribution is 2.41. The molecule has 3 aromatic carbocycles. The van der Waals surface area contributed by atoms with Gasteiger partial charge in [0, 0.05) is 36.1 Å². The smallest absolute Gasteiger partial charge is 0.229 e. The molecule has 2 aliphatic heterocycles. The first-order valence-corrected chi connectivity index (χ1v) is 12.8. The van der Waals surface area contributed by atoms with Gasteiger partial charge in [-0.05, 0) is 49.2 Å². The second kappa shape index (κ2) is 9.97. The van der Waals surface area contributed by atoms with Gasteiger partial charge in [0.2, 0.25) is 11.9 Å². The monoisotopic (exact) mass is 520 g/mol. The molecule has 1 aromatic heterocycles. The van der Waals surface area contributed by atoms with Crippen molar-refractivity contribution >= 4 is 40.6 Å². The number of carbonyl (C=O) groups is 1. The van der Waals surface area contributed by atoms with Crippen molar-refractivity contribution < 1.29 is 9.53 Å². The third-order valence-corrected chi connectivity index (χ3v) is 6.90. The van der Waals surface area contributed by atoms with E-state index in [1.807, 2.05) is 66.7 Å². The molecule has 2 aliphatic rings. The summed E-state index contributed by atoms with van der Waals surface area (Å²) in [6.45, 7) is 1.28. The third kappa shape index (κ3) is 4.91. The number of aliphatic imine (C=N–C) groups is 1. The lowest BCUT2D eigenvalue weighted by molar-refractivity contribution is -0.120. The molecule has 1 fully saturated rings. The number of nitrogens with one attached hydrogen (secondary N) is 1. The standard InChI is InChI=1S/C29H28N8O2/c30-20-13-18(14-24-26(20)27(31)34-21-10-4-5-11-23(21)39-24)22-15-25(36-29(32)35-22)37-12-6-7-17(16-37)28(38)33-19-8-2-1-3-9-19/h1-5,8-11,13-15,17H,6-7,12,16,30H2,(H2,31,34)(H,33,38)(H2,32,35,36). The van der Waals surface area contributed by atoms with Crippen LogP contribution in [0.4, 0.5) is 28.8 Å². The summed E-state index contributed by atoms with van der Waals surface area (Å²) in [5.74, 6) is 1.91. The minimum atomic E-state index is -0.183. The molecule has 196 valence electrons. The third-order valence-electron chi connectivity index (χ3n) is 6.90. The maximum absolute atomic E-state index is 13.0. The van der Waals surface area contributed by atoms with Crippen LogP contribution in [0.2, 0.25) is 0 Å². The number of amides is 1. The zero-order valence-corrected chi connectivity index (χ0v) is 21.2. The summed E-state index contributed by atoms with van der Waals surface area (Å²) in [5, 5.41) is 3.01. The summed E-state index contributed by atoms with van der Waals surface area (Å²) in [4.78, 5) is 28.5. The van der Waals surface area contributed by atoms with E-state index in [1.165, 1.54) is 0 Å². The summed E-state index contributed by atoms with van der Waals surface area (Å²) >= 11 is 0. The lowest BCUT2D eigenvalue weighted by Gasteiger charge is -2.33. The number of hydrogen-bond donors (Lipinski definition) is 4. The molecule has 6 rings (SSSR count). The molecule has 3 heterocycles. The first-order chi connectivity index (χ1) is 18.9. The molecular formula is C29H28N8O2. The van der Waals surface area contributed by atoms with Gasteiger partial charge in [-0.1, -0.05) is 30.3 Å². The van der Waals surface area contributed by atoms with Crippen molar-refractivity contribution in [3.8, 4) is 22.8 Å². The molecule has 0 bridgehead atoms. The minimum Gasteiger partial charge on any atom is -0.454 e. The van der Waals surface area contributed by atoms with Gasteiger partial charge in [0.25, 0.3) is 0 Å². The molecule has 0 aliphatic carbocycles. The number of carbonyl (C=O) groups excluding carboxylic acids is 1. The second-order valence-electron chi connectivity index (χ2n) is 9.62. The Labute approximate surface area is 225 Å². The number of piperidine rings is 1. The maximum atomic E-state index is 13.0. The number of ether oxygens (including phenoxy) is 1. The Morgan fingerprint density at radius 2 is 1.74 bits per heavy atom. The number of amidine groups is 1. The van der Waals surface area contributed by atoms with Crippen LogP contribution >= 0.6 is 0 Å². The van der Waals surface area contributed by atoms with Crippen LogP contribution in [0.15, 0.2) is 77.8 Å². The van der Waals surface area contributed by atoms with Crippen LogP contribution in [0.5, 0.6) is 11.5 Å². The molecule has 39 heavy (non-hydrogen) atoms. The fourth-order valence-electron chi connectivity index (χ4n) is 5.01. The van der Waals surface area contributed by atoms with Crippen molar-refractivity contribution in [2.45, 2.75) is 12.8 Å². The second-order valence-corrected chi connectivity index (χ2v) is 9.62. The van der Waals surface area contributed by atoms with E-state index in [0.717, 1.165) is 25.1 Å². The van der Waals surface area contributed by atoms with Crippen LogP contribution in [0.25, 0.3) is 11.3 Å². The number of nitrogen functional groups attached to an aromatic ring is 2. The number of nitrogens with zero attached hydrogens (tertiary/aromatic N) is 4. The molecule has 10 nitrogen and oxygen atoms in total. The van der Waals surface area contributed by atoms with Gasteiger partial charge < -0.3 is 32.2 Å². The van der Waals surface area contributed by atoms with E-state index < -0.39 is 0 Å². The Bertz CT molecular complexity index is 1590.